The monoisotopic (exact) mass is 450 g/mol. The van der Waals surface area contributed by atoms with Crippen molar-refractivity contribution >= 4 is 34.4 Å². The highest BCUT2D eigenvalue weighted by atomic mass is 35.5. The molecule has 1 aliphatic heterocycles. The van der Waals surface area contributed by atoms with Gasteiger partial charge in [-0.15, -0.1) is 0 Å². The highest BCUT2D eigenvalue weighted by molar-refractivity contribution is 6.30. The van der Waals surface area contributed by atoms with E-state index in [1.807, 2.05) is 50.2 Å². The largest absolute Gasteiger partial charge is 0.477 e. The van der Waals surface area contributed by atoms with E-state index in [-0.39, 0.29) is 5.88 Å². The van der Waals surface area contributed by atoms with Crippen LogP contribution in [0.3, 0.4) is 0 Å². The summed E-state index contributed by atoms with van der Waals surface area (Å²) in [6.07, 6.45) is 2.18. The van der Waals surface area contributed by atoms with Crippen LogP contribution in [0.1, 0.15) is 32.3 Å². The SMILES string of the molecule is CCOc1nc2nc(N(C)C)nc(N3CCC(C)CC3)c2c(-c2ccc(Cl)cc2)c1C#N. The number of hydrogen-bond acceptors (Lipinski definition) is 7. The second kappa shape index (κ2) is 9.17. The minimum atomic E-state index is 0.286. The summed E-state index contributed by atoms with van der Waals surface area (Å²) in [6.45, 7) is 6.35. The highest BCUT2D eigenvalue weighted by Gasteiger charge is 2.27. The van der Waals surface area contributed by atoms with Gasteiger partial charge in [-0.05, 0) is 43.4 Å². The maximum absolute atomic E-state index is 10.1. The molecular formula is C24H27ClN6O. The Kier molecular flexibility index (Phi) is 6.33. The molecule has 0 bridgehead atoms. The molecule has 0 atom stereocenters. The Bertz CT molecular complexity index is 1160. The molecule has 7 nitrogen and oxygen atoms in total. The van der Waals surface area contributed by atoms with Gasteiger partial charge >= 0.3 is 0 Å². The Morgan fingerprint density at radius 2 is 1.84 bits per heavy atom. The van der Waals surface area contributed by atoms with E-state index < -0.39 is 0 Å². The van der Waals surface area contributed by atoms with Crippen LogP contribution in [0.4, 0.5) is 11.8 Å². The van der Waals surface area contributed by atoms with E-state index in [1.54, 1.807) is 0 Å². The molecule has 0 aliphatic carbocycles. The van der Waals surface area contributed by atoms with Gasteiger partial charge in [-0.3, -0.25) is 0 Å². The number of rotatable bonds is 5. The van der Waals surface area contributed by atoms with Gasteiger partial charge in [0, 0.05) is 37.8 Å². The molecule has 0 saturated carbocycles. The van der Waals surface area contributed by atoms with Crippen molar-refractivity contribution in [3.63, 3.8) is 0 Å². The van der Waals surface area contributed by atoms with Gasteiger partial charge in [0.05, 0.1) is 12.0 Å². The van der Waals surface area contributed by atoms with Crippen LogP contribution in [-0.2, 0) is 0 Å². The van der Waals surface area contributed by atoms with Gasteiger partial charge in [0.25, 0.3) is 0 Å². The highest BCUT2D eigenvalue weighted by Crippen LogP contribution is 2.41. The smallest absolute Gasteiger partial charge is 0.234 e. The lowest BCUT2D eigenvalue weighted by Crippen LogP contribution is -2.34. The fraction of sp³-hybridized carbons (Fsp3) is 0.417. The fourth-order valence-corrected chi connectivity index (χ4v) is 4.14. The first-order chi connectivity index (χ1) is 15.4. The van der Waals surface area contributed by atoms with Crippen molar-refractivity contribution in [3.8, 4) is 23.1 Å². The molecule has 1 aliphatic rings. The molecule has 0 unspecified atom stereocenters. The molecule has 0 N–H and O–H groups in total. The lowest BCUT2D eigenvalue weighted by atomic mass is 9.96. The van der Waals surface area contributed by atoms with Crippen LogP contribution in [0.2, 0.25) is 5.02 Å². The normalized spacial score (nSPS) is 14.4. The van der Waals surface area contributed by atoms with E-state index in [4.69, 9.17) is 26.3 Å². The Labute approximate surface area is 193 Å². The number of halogens is 1. The summed E-state index contributed by atoms with van der Waals surface area (Å²) in [5.74, 6) is 2.35. The quantitative estimate of drug-likeness (QED) is 0.546. The third-order valence-corrected chi connectivity index (χ3v) is 6.04. The number of hydrogen-bond donors (Lipinski definition) is 0. The Morgan fingerprint density at radius 1 is 1.16 bits per heavy atom. The number of nitriles is 1. The van der Waals surface area contributed by atoms with Crippen LogP contribution < -0.4 is 14.5 Å². The molecule has 3 aromatic rings. The maximum Gasteiger partial charge on any atom is 0.234 e. The molecule has 0 radical (unpaired) electrons. The summed E-state index contributed by atoms with van der Waals surface area (Å²) in [4.78, 5) is 18.5. The topological polar surface area (TPSA) is 78.2 Å². The number of nitrogens with zero attached hydrogens (tertiary/aromatic N) is 6. The number of piperidine rings is 1. The Balaban J connectivity index is 2.09. The van der Waals surface area contributed by atoms with Gasteiger partial charge in [-0.2, -0.15) is 20.2 Å². The second-order valence-electron chi connectivity index (χ2n) is 8.33. The molecule has 2 aromatic heterocycles. The fourth-order valence-electron chi connectivity index (χ4n) is 4.01. The average molecular weight is 451 g/mol. The van der Waals surface area contributed by atoms with Crippen LogP contribution >= 0.6 is 11.6 Å². The molecule has 1 aromatic carbocycles. The minimum Gasteiger partial charge on any atom is -0.477 e. The molecule has 166 valence electrons. The summed E-state index contributed by atoms with van der Waals surface area (Å²) >= 11 is 6.15. The Hall–Kier alpha value is -3.11. The minimum absolute atomic E-state index is 0.286. The van der Waals surface area contributed by atoms with Crippen molar-refractivity contribution in [1.29, 1.82) is 5.26 Å². The number of pyridine rings is 1. The molecule has 0 spiro atoms. The molecule has 8 heteroatoms. The molecular weight excluding hydrogens is 424 g/mol. The van der Waals surface area contributed by atoms with Crippen molar-refractivity contribution in [2.45, 2.75) is 26.7 Å². The first kappa shape index (κ1) is 22.1. The molecule has 1 fully saturated rings. The van der Waals surface area contributed by atoms with E-state index >= 15 is 0 Å². The molecule has 1 saturated heterocycles. The van der Waals surface area contributed by atoms with Crippen LogP contribution in [0.5, 0.6) is 5.88 Å². The molecule has 3 heterocycles. The lowest BCUT2D eigenvalue weighted by molar-refractivity contribution is 0.327. The van der Waals surface area contributed by atoms with Crippen molar-refractivity contribution in [3.05, 3.63) is 34.9 Å². The van der Waals surface area contributed by atoms with Crippen molar-refractivity contribution in [1.82, 2.24) is 15.0 Å². The number of aromatic nitrogens is 3. The number of ether oxygens (including phenoxy) is 1. The Morgan fingerprint density at radius 3 is 2.44 bits per heavy atom. The van der Waals surface area contributed by atoms with E-state index in [2.05, 4.69) is 22.9 Å². The van der Waals surface area contributed by atoms with E-state index in [1.165, 1.54) is 0 Å². The van der Waals surface area contributed by atoms with Crippen LogP contribution in [0.25, 0.3) is 22.2 Å². The molecule has 4 rings (SSSR count). The average Bonchev–Trinajstić information content (AvgIpc) is 2.78. The number of fused-ring (bicyclic) bond motifs is 1. The summed E-state index contributed by atoms with van der Waals surface area (Å²) < 4.78 is 5.77. The van der Waals surface area contributed by atoms with Gasteiger partial charge in [0.2, 0.25) is 11.8 Å². The number of anilines is 2. The maximum atomic E-state index is 10.1. The lowest BCUT2D eigenvalue weighted by Gasteiger charge is -2.32. The van der Waals surface area contributed by atoms with Crippen molar-refractivity contribution < 1.29 is 4.74 Å². The van der Waals surface area contributed by atoms with Crippen LogP contribution in [-0.4, -0.2) is 48.7 Å². The summed E-state index contributed by atoms with van der Waals surface area (Å²) in [6, 6.07) is 9.79. The molecule has 0 amide bonds. The number of benzene rings is 1. The first-order valence-electron chi connectivity index (χ1n) is 10.9. The van der Waals surface area contributed by atoms with Gasteiger partial charge < -0.3 is 14.5 Å². The zero-order chi connectivity index (χ0) is 22.8. The van der Waals surface area contributed by atoms with Crippen LogP contribution in [0.15, 0.2) is 24.3 Å². The van der Waals surface area contributed by atoms with Gasteiger partial charge in [0.1, 0.15) is 17.5 Å². The van der Waals surface area contributed by atoms with Crippen molar-refractivity contribution in [2.24, 2.45) is 5.92 Å². The standard InChI is InChI=1S/C24H27ClN6O/c1-5-32-23-18(14-26)19(16-6-8-17(25)9-7-16)20-21(27-23)28-24(30(3)4)29-22(20)31-12-10-15(2)11-13-31/h6-9,15H,5,10-13H2,1-4H3. The summed E-state index contributed by atoms with van der Waals surface area (Å²) in [7, 11) is 3.83. The van der Waals surface area contributed by atoms with Crippen molar-refractivity contribution in [2.75, 3.05) is 43.6 Å². The zero-order valence-corrected chi connectivity index (χ0v) is 19.6. The second-order valence-corrected chi connectivity index (χ2v) is 8.76. The van der Waals surface area contributed by atoms with E-state index in [0.29, 0.717) is 34.7 Å². The first-order valence-corrected chi connectivity index (χ1v) is 11.3. The van der Waals surface area contributed by atoms with Gasteiger partial charge in [-0.1, -0.05) is 30.7 Å². The summed E-state index contributed by atoms with van der Waals surface area (Å²) in [5.41, 5.74) is 2.49. The van der Waals surface area contributed by atoms with Gasteiger partial charge in [-0.25, -0.2) is 0 Å². The predicted octanol–water partition coefficient (Wildman–Crippen LogP) is 4.92. The predicted molar refractivity (Wildman–Crippen MR) is 129 cm³/mol. The van der Waals surface area contributed by atoms with E-state index in [0.717, 1.165) is 48.3 Å². The zero-order valence-electron chi connectivity index (χ0n) is 18.9. The summed E-state index contributed by atoms with van der Waals surface area (Å²) in [5, 5.41) is 11.5. The van der Waals surface area contributed by atoms with Crippen LogP contribution in [0, 0.1) is 17.2 Å². The third kappa shape index (κ3) is 4.15. The van der Waals surface area contributed by atoms with Gasteiger partial charge in [0.15, 0.2) is 5.65 Å². The molecule has 32 heavy (non-hydrogen) atoms. The van der Waals surface area contributed by atoms with E-state index in [9.17, 15) is 5.26 Å². The third-order valence-electron chi connectivity index (χ3n) is 5.79.